The summed E-state index contributed by atoms with van der Waals surface area (Å²) in [6.45, 7) is 6.76. The minimum Gasteiger partial charge on any atom is -0.379 e. The van der Waals surface area contributed by atoms with E-state index in [1.54, 1.807) is 0 Å². The molecule has 0 aliphatic carbocycles. The minimum absolute atomic E-state index is 0.0815. The van der Waals surface area contributed by atoms with Crippen LogP contribution in [0.5, 0.6) is 0 Å². The fourth-order valence-corrected chi connectivity index (χ4v) is 2.56. The zero-order valence-electron chi connectivity index (χ0n) is 17.4. The molecule has 0 saturated carbocycles. The SMILES string of the molecule is CC(C)(C)C(=O)CCOCCNC(=O)CCCC#Cc1cnc(S(C)(=O)=O)nc1. The van der Waals surface area contributed by atoms with Crippen LogP contribution in [0.2, 0.25) is 0 Å². The van der Waals surface area contributed by atoms with E-state index in [0.717, 1.165) is 6.26 Å². The fraction of sp³-hybridized carbons (Fsp3) is 0.600. The zero-order chi connectivity index (χ0) is 21.9. The van der Waals surface area contributed by atoms with Crippen LogP contribution in [0.15, 0.2) is 17.6 Å². The van der Waals surface area contributed by atoms with E-state index in [-0.39, 0.29) is 22.3 Å². The van der Waals surface area contributed by atoms with Crippen molar-refractivity contribution < 1.29 is 22.7 Å². The van der Waals surface area contributed by atoms with Crippen LogP contribution in [-0.4, -0.2) is 56.1 Å². The first-order chi connectivity index (χ1) is 13.5. The summed E-state index contributed by atoms with van der Waals surface area (Å²) >= 11 is 0. The molecule has 0 saturated heterocycles. The lowest BCUT2D eigenvalue weighted by Crippen LogP contribution is -2.27. The summed E-state index contributed by atoms with van der Waals surface area (Å²) in [7, 11) is -3.42. The number of aromatic nitrogens is 2. The molecule has 0 fully saturated rings. The van der Waals surface area contributed by atoms with Gasteiger partial charge in [0.05, 0.1) is 18.8 Å². The Kier molecular flexibility index (Phi) is 9.92. The van der Waals surface area contributed by atoms with Crippen LogP contribution in [-0.2, 0) is 24.2 Å². The lowest BCUT2D eigenvalue weighted by molar-refractivity contribution is -0.127. The van der Waals surface area contributed by atoms with E-state index in [2.05, 4.69) is 27.1 Å². The van der Waals surface area contributed by atoms with Gasteiger partial charge in [0.1, 0.15) is 5.78 Å². The Balaban J connectivity index is 2.15. The molecule has 1 amide bonds. The number of Topliss-reactive ketones (excluding diaryl/α,β-unsaturated/α-hetero) is 1. The number of sulfone groups is 1. The average molecular weight is 424 g/mol. The third kappa shape index (κ3) is 10.7. The van der Waals surface area contributed by atoms with Gasteiger partial charge in [0, 0.05) is 49.9 Å². The summed E-state index contributed by atoms with van der Waals surface area (Å²) in [5, 5.41) is 2.52. The maximum absolute atomic E-state index is 11.7. The Bertz CT molecular complexity index is 847. The normalized spacial score (nSPS) is 11.4. The van der Waals surface area contributed by atoms with Crippen LogP contribution in [0.4, 0.5) is 0 Å². The first-order valence-electron chi connectivity index (χ1n) is 9.39. The van der Waals surface area contributed by atoms with Crippen LogP contribution >= 0.6 is 0 Å². The molecule has 0 aliphatic heterocycles. The molecular weight excluding hydrogens is 394 g/mol. The van der Waals surface area contributed by atoms with Gasteiger partial charge in [0.25, 0.3) is 0 Å². The van der Waals surface area contributed by atoms with Crippen molar-refractivity contribution >= 4 is 21.5 Å². The molecule has 0 atom stereocenters. The Morgan fingerprint density at radius 2 is 1.79 bits per heavy atom. The number of ketones is 1. The number of carbonyl (C=O) groups excluding carboxylic acids is 2. The Morgan fingerprint density at radius 1 is 1.14 bits per heavy atom. The Morgan fingerprint density at radius 3 is 2.38 bits per heavy atom. The van der Waals surface area contributed by atoms with Gasteiger partial charge in [-0.15, -0.1) is 0 Å². The third-order valence-corrected chi connectivity index (χ3v) is 4.65. The lowest BCUT2D eigenvalue weighted by Gasteiger charge is -2.16. The molecule has 8 nitrogen and oxygen atoms in total. The van der Waals surface area contributed by atoms with Gasteiger partial charge in [-0.2, -0.15) is 0 Å². The zero-order valence-corrected chi connectivity index (χ0v) is 18.3. The van der Waals surface area contributed by atoms with E-state index < -0.39 is 9.84 Å². The molecule has 0 aliphatic rings. The molecule has 160 valence electrons. The standard InChI is InChI=1S/C20H29N3O5S/c1-20(2,3)17(24)10-12-28-13-11-21-18(25)9-7-5-6-8-16-14-22-19(23-15-16)29(4,26)27/h14-15H,5,7,9-13H2,1-4H3,(H,21,25). The molecule has 0 radical (unpaired) electrons. The van der Waals surface area contributed by atoms with Gasteiger partial charge >= 0.3 is 0 Å². The summed E-state index contributed by atoms with van der Waals surface area (Å²) < 4.78 is 27.9. The molecular formula is C20H29N3O5S. The molecule has 0 aromatic carbocycles. The van der Waals surface area contributed by atoms with E-state index in [1.807, 2.05) is 20.8 Å². The fourth-order valence-electron chi connectivity index (χ4n) is 2.07. The number of unbranched alkanes of at least 4 members (excludes halogenated alkanes) is 1. The molecule has 0 spiro atoms. The number of ether oxygens (including phenoxy) is 1. The molecule has 0 unspecified atom stereocenters. The van der Waals surface area contributed by atoms with Crippen molar-refractivity contribution in [3.05, 3.63) is 18.0 Å². The monoisotopic (exact) mass is 423 g/mol. The van der Waals surface area contributed by atoms with Gasteiger partial charge < -0.3 is 10.1 Å². The summed E-state index contributed by atoms with van der Waals surface area (Å²) in [5.74, 6) is 5.81. The van der Waals surface area contributed by atoms with Crippen LogP contribution in [0.3, 0.4) is 0 Å². The highest BCUT2D eigenvalue weighted by Crippen LogP contribution is 2.16. The molecule has 29 heavy (non-hydrogen) atoms. The van der Waals surface area contributed by atoms with Crippen LogP contribution < -0.4 is 5.32 Å². The van der Waals surface area contributed by atoms with Crippen molar-refractivity contribution in [2.45, 2.75) is 51.6 Å². The first-order valence-corrected chi connectivity index (χ1v) is 11.3. The summed E-state index contributed by atoms with van der Waals surface area (Å²) in [5.41, 5.74) is 0.163. The van der Waals surface area contributed by atoms with E-state index in [1.165, 1.54) is 12.4 Å². The second-order valence-corrected chi connectivity index (χ2v) is 9.48. The van der Waals surface area contributed by atoms with Crippen molar-refractivity contribution in [2.24, 2.45) is 5.41 Å². The molecule has 1 heterocycles. The number of amides is 1. The number of nitrogens with zero attached hydrogens (tertiary/aromatic N) is 2. The number of nitrogens with one attached hydrogen (secondary N) is 1. The largest absolute Gasteiger partial charge is 0.379 e. The van der Waals surface area contributed by atoms with Gasteiger partial charge in [-0.25, -0.2) is 18.4 Å². The van der Waals surface area contributed by atoms with Crippen molar-refractivity contribution in [2.75, 3.05) is 26.0 Å². The quantitative estimate of drug-likeness (QED) is 0.345. The van der Waals surface area contributed by atoms with Crippen molar-refractivity contribution in [3.63, 3.8) is 0 Å². The predicted octanol–water partition coefficient (Wildman–Crippen LogP) is 1.54. The van der Waals surface area contributed by atoms with Crippen molar-refractivity contribution in [3.8, 4) is 11.8 Å². The summed E-state index contributed by atoms with van der Waals surface area (Å²) in [4.78, 5) is 31.0. The molecule has 1 aromatic heterocycles. The van der Waals surface area contributed by atoms with E-state index in [0.29, 0.717) is 51.0 Å². The van der Waals surface area contributed by atoms with E-state index in [9.17, 15) is 18.0 Å². The Labute approximate surface area is 172 Å². The van der Waals surface area contributed by atoms with E-state index >= 15 is 0 Å². The highest BCUT2D eigenvalue weighted by atomic mass is 32.2. The highest BCUT2D eigenvalue weighted by Gasteiger charge is 2.20. The number of hydrogen-bond donors (Lipinski definition) is 1. The topological polar surface area (TPSA) is 115 Å². The van der Waals surface area contributed by atoms with Crippen LogP contribution in [0, 0.1) is 17.3 Å². The number of carbonyl (C=O) groups is 2. The average Bonchev–Trinajstić information content (AvgIpc) is 2.63. The van der Waals surface area contributed by atoms with Crippen LogP contribution in [0.1, 0.15) is 52.0 Å². The summed E-state index contributed by atoms with van der Waals surface area (Å²) in [6, 6.07) is 0. The molecule has 1 N–H and O–H groups in total. The third-order valence-electron chi connectivity index (χ3n) is 3.78. The Hall–Kier alpha value is -2.31. The van der Waals surface area contributed by atoms with Gasteiger partial charge in [0.15, 0.2) is 0 Å². The smallest absolute Gasteiger partial charge is 0.246 e. The van der Waals surface area contributed by atoms with Crippen molar-refractivity contribution in [1.82, 2.24) is 15.3 Å². The molecule has 1 rings (SSSR count). The molecule has 9 heteroatoms. The second kappa shape index (κ2) is 11.6. The maximum atomic E-state index is 11.7. The molecule has 1 aromatic rings. The summed E-state index contributed by atoms with van der Waals surface area (Å²) in [6.07, 6.45) is 5.60. The first kappa shape index (κ1) is 24.7. The highest BCUT2D eigenvalue weighted by molar-refractivity contribution is 7.90. The second-order valence-electron chi connectivity index (χ2n) is 7.57. The number of rotatable bonds is 10. The van der Waals surface area contributed by atoms with Gasteiger partial charge in [0.2, 0.25) is 20.9 Å². The number of hydrogen-bond acceptors (Lipinski definition) is 7. The molecule has 0 bridgehead atoms. The van der Waals surface area contributed by atoms with Crippen molar-refractivity contribution in [1.29, 1.82) is 0 Å². The van der Waals surface area contributed by atoms with Gasteiger partial charge in [-0.05, 0) is 6.42 Å². The minimum atomic E-state index is -3.42. The van der Waals surface area contributed by atoms with Gasteiger partial charge in [-0.3, -0.25) is 9.59 Å². The lowest BCUT2D eigenvalue weighted by atomic mass is 9.89. The maximum Gasteiger partial charge on any atom is 0.246 e. The predicted molar refractivity (Wildman–Crippen MR) is 109 cm³/mol. The van der Waals surface area contributed by atoms with Gasteiger partial charge in [-0.1, -0.05) is 32.6 Å². The van der Waals surface area contributed by atoms with E-state index in [4.69, 9.17) is 4.74 Å². The van der Waals surface area contributed by atoms with Crippen LogP contribution in [0.25, 0.3) is 0 Å².